The summed E-state index contributed by atoms with van der Waals surface area (Å²) in [5, 5.41) is 0. The highest BCUT2D eigenvalue weighted by atomic mass is 79.9. The van der Waals surface area contributed by atoms with Crippen molar-refractivity contribution in [3.05, 3.63) is 162 Å². The number of hydrogen-bond donors (Lipinski definition) is 0. The van der Waals surface area contributed by atoms with Gasteiger partial charge in [-0.05, 0) is 75.8 Å². The summed E-state index contributed by atoms with van der Waals surface area (Å²) >= 11 is 3.67. The first-order valence-corrected chi connectivity index (χ1v) is 13.5. The van der Waals surface area contributed by atoms with Crippen LogP contribution in [0.1, 0.15) is 0 Å². The summed E-state index contributed by atoms with van der Waals surface area (Å²) in [7, 11) is 0. The van der Waals surface area contributed by atoms with E-state index in [1.807, 2.05) is 6.07 Å². The molecule has 0 bridgehead atoms. The van der Waals surface area contributed by atoms with Gasteiger partial charge < -0.3 is 4.90 Å². The van der Waals surface area contributed by atoms with E-state index in [0.29, 0.717) is 0 Å². The number of anilines is 3. The molecule has 0 aliphatic rings. The Hall–Kier alpha value is -4.40. The minimum Gasteiger partial charge on any atom is -0.311 e. The SMILES string of the molecule is Brc1ccccc1-c1ccc(-c2ccc(N(c3ccccc3)c3ccc(-c4ccccc4)cc3)cc2)cc1. The Labute approximate surface area is 232 Å². The Morgan fingerprint density at radius 1 is 0.316 bits per heavy atom. The molecular weight excluding hydrogens is 526 g/mol. The molecule has 0 spiro atoms. The van der Waals surface area contributed by atoms with Gasteiger partial charge in [-0.2, -0.15) is 0 Å². The summed E-state index contributed by atoms with van der Waals surface area (Å²) in [6.45, 7) is 0. The monoisotopic (exact) mass is 551 g/mol. The lowest BCUT2D eigenvalue weighted by molar-refractivity contribution is 1.28. The van der Waals surface area contributed by atoms with Gasteiger partial charge in [0.25, 0.3) is 0 Å². The zero-order valence-electron chi connectivity index (χ0n) is 20.8. The van der Waals surface area contributed by atoms with Gasteiger partial charge >= 0.3 is 0 Å². The van der Waals surface area contributed by atoms with Crippen molar-refractivity contribution in [1.29, 1.82) is 0 Å². The van der Waals surface area contributed by atoms with E-state index in [1.54, 1.807) is 0 Å². The number of para-hydroxylation sites is 1. The second-order valence-corrected chi connectivity index (χ2v) is 10.0. The standard InChI is InChI=1S/C36H26BrN/c37-36-14-8-7-13-35(36)31-17-15-28(16-18-31)30-21-25-34(26-22-30)38(32-11-5-2-6-12-32)33-23-19-29(20-24-33)27-9-3-1-4-10-27/h1-26H. The molecule has 0 atom stereocenters. The highest BCUT2D eigenvalue weighted by molar-refractivity contribution is 9.10. The normalized spacial score (nSPS) is 10.8. The van der Waals surface area contributed by atoms with Gasteiger partial charge in [0.05, 0.1) is 0 Å². The number of hydrogen-bond acceptors (Lipinski definition) is 1. The minimum absolute atomic E-state index is 1.11. The van der Waals surface area contributed by atoms with Crippen molar-refractivity contribution < 1.29 is 0 Å². The maximum atomic E-state index is 3.67. The fourth-order valence-corrected chi connectivity index (χ4v) is 5.31. The molecule has 0 N–H and O–H groups in total. The third kappa shape index (κ3) is 5.04. The molecule has 2 heteroatoms. The van der Waals surface area contributed by atoms with Crippen LogP contribution in [-0.4, -0.2) is 0 Å². The van der Waals surface area contributed by atoms with Crippen molar-refractivity contribution in [2.75, 3.05) is 4.90 Å². The Balaban J connectivity index is 1.30. The molecule has 1 nitrogen and oxygen atoms in total. The molecule has 0 radical (unpaired) electrons. The smallest absolute Gasteiger partial charge is 0.0462 e. The summed E-state index contributed by atoms with van der Waals surface area (Å²) < 4.78 is 1.11. The lowest BCUT2D eigenvalue weighted by Gasteiger charge is -2.26. The molecule has 6 aromatic carbocycles. The van der Waals surface area contributed by atoms with Crippen LogP contribution in [0.15, 0.2) is 162 Å². The van der Waals surface area contributed by atoms with Gasteiger partial charge in [-0.1, -0.05) is 131 Å². The summed E-state index contributed by atoms with van der Waals surface area (Å²) in [4.78, 5) is 2.30. The first-order chi connectivity index (χ1) is 18.8. The first kappa shape index (κ1) is 24.0. The van der Waals surface area contributed by atoms with Gasteiger partial charge in [-0.25, -0.2) is 0 Å². The van der Waals surface area contributed by atoms with Crippen molar-refractivity contribution in [3.8, 4) is 33.4 Å². The van der Waals surface area contributed by atoms with E-state index in [2.05, 4.69) is 172 Å². The number of halogens is 1. The predicted octanol–water partition coefficient (Wildman–Crippen LogP) is 10.9. The van der Waals surface area contributed by atoms with E-state index in [9.17, 15) is 0 Å². The average molecular weight is 553 g/mol. The zero-order chi connectivity index (χ0) is 25.7. The Morgan fingerprint density at radius 3 is 1.21 bits per heavy atom. The second-order valence-electron chi connectivity index (χ2n) is 9.19. The van der Waals surface area contributed by atoms with Crippen LogP contribution in [0, 0.1) is 0 Å². The topological polar surface area (TPSA) is 3.24 Å². The van der Waals surface area contributed by atoms with Crippen LogP contribution in [0.3, 0.4) is 0 Å². The third-order valence-corrected chi connectivity index (χ3v) is 7.47. The summed E-state index contributed by atoms with van der Waals surface area (Å²) in [5.74, 6) is 0. The average Bonchev–Trinajstić information content (AvgIpc) is 2.99. The summed E-state index contributed by atoms with van der Waals surface area (Å²) in [6, 6.07) is 55.7. The predicted molar refractivity (Wildman–Crippen MR) is 165 cm³/mol. The van der Waals surface area contributed by atoms with Crippen LogP contribution in [-0.2, 0) is 0 Å². The van der Waals surface area contributed by atoms with Crippen molar-refractivity contribution in [3.63, 3.8) is 0 Å². The Kier molecular flexibility index (Phi) is 6.89. The van der Waals surface area contributed by atoms with Crippen LogP contribution in [0.2, 0.25) is 0 Å². The largest absolute Gasteiger partial charge is 0.311 e. The maximum Gasteiger partial charge on any atom is 0.0462 e. The van der Waals surface area contributed by atoms with Gasteiger partial charge in [0.1, 0.15) is 0 Å². The molecule has 38 heavy (non-hydrogen) atoms. The molecule has 0 unspecified atom stereocenters. The van der Waals surface area contributed by atoms with E-state index in [-0.39, 0.29) is 0 Å². The van der Waals surface area contributed by atoms with Crippen molar-refractivity contribution in [2.24, 2.45) is 0 Å². The van der Waals surface area contributed by atoms with Crippen LogP contribution < -0.4 is 4.90 Å². The van der Waals surface area contributed by atoms with Gasteiger partial charge in [0, 0.05) is 21.5 Å². The zero-order valence-corrected chi connectivity index (χ0v) is 22.4. The highest BCUT2D eigenvalue weighted by Gasteiger charge is 2.13. The summed E-state index contributed by atoms with van der Waals surface area (Å²) in [6.07, 6.45) is 0. The lowest BCUT2D eigenvalue weighted by Crippen LogP contribution is -2.09. The summed E-state index contributed by atoms with van der Waals surface area (Å²) in [5.41, 5.74) is 10.6. The van der Waals surface area contributed by atoms with E-state index < -0.39 is 0 Å². The molecule has 0 fully saturated rings. The molecule has 0 aliphatic carbocycles. The number of benzene rings is 6. The lowest BCUT2D eigenvalue weighted by atomic mass is 10.00. The van der Waals surface area contributed by atoms with Gasteiger partial charge in [0.2, 0.25) is 0 Å². The second kappa shape index (κ2) is 10.9. The molecule has 0 saturated carbocycles. The van der Waals surface area contributed by atoms with Crippen LogP contribution in [0.4, 0.5) is 17.1 Å². The van der Waals surface area contributed by atoms with Crippen molar-refractivity contribution in [1.82, 2.24) is 0 Å². The Bertz CT molecular complexity index is 1620. The van der Waals surface area contributed by atoms with Crippen LogP contribution >= 0.6 is 15.9 Å². The molecule has 6 rings (SSSR count). The van der Waals surface area contributed by atoms with Gasteiger partial charge in [-0.15, -0.1) is 0 Å². The fraction of sp³-hybridized carbons (Fsp3) is 0. The third-order valence-electron chi connectivity index (χ3n) is 6.78. The molecule has 0 amide bonds. The molecule has 0 aliphatic heterocycles. The van der Waals surface area contributed by atoms with E-state index >= 15 is 0 Å². The number of rotatable bonds is 6. The minimum atomic E-state index is 1.11. The molecule has 182 valence electrons. The number of nitrogens with zero attached hydrogens (tertiary/aromatic N) is 1. The van der Waals surface area contributed by atoms with E-state index in [4.69, 9.17) is 0 Å². The van der Waals surface area contributed by atoms with Crippen LogP contribution in [0.5, 0.6) is 0 Å². The van der Waals surface area contributed by atoms with E-state index in [0.717, 1.165) is 21.5 Å². The molecule has 0 aromatic heterocycles. The molecular formula is C36H26BrN. The first-order valence-electron chi connectivity index (χ1n) is 12.7. The molecule has 0 heterocycles. The van der Waals surface area contributed by atoms with E-state index in [1.165, 1.54) is 33.4 Å². The fourth-order valence-electron chi connectivity index (χ4n) is 4.80. The van der Waals surface area contributed by atoms with Crippen molar-refractivity contribution >= 4 is 33.0 Å². The molecule has 0 saturated heterocycles. The van der Waals surface area contributed by atoms with Gasteiger partial charge in [-0.3, -0.25) is 0 Å². The highest BCUT2D eigenvalue weighted by Crippen LogP contribution is 2.37. The van der Waals surface area contributed by atoms with Crippen molar-refractivity contribution in [2.45, 2.75) is 0 Å². The molecule has 6 aromatic rings. The maximum absolute atomic E-state index is 3.67. The van der Waals surface area contributed by atoms with Gasteiger partial charge in [0.15, 0.2) is 0 Å². The van der Waals surface area contributed by atoms with Crippen LogP contribution in [0.25, 0.3) is 33.4 Å². The quantitative estimate of drug-likeness (QED) is 0.199. The Morgan fingerprint density at radius 2 is 0.684 bits per heavy atom.